The molecule has 0 aromatic rings. The van der Waals surface area contributed by atoms with Crippen LogP contribution in [0.25, 0.3) is 0 Å². The van der Waals surface area contributed by atoms with E-state index in [4.69, 9.17) is 27.5 Å². The maximum absolute atomic E-state index is 11.2. The highest BCUT2D eigenvalue weighted by atomic mass is 32.1. The molecule has 0 bridgehead atoms. The Hall–Kier alpha value is -1.96. The zero-order valence-electron chi connectivity index (χ0n) is 9.63. The zero-order valence-corrected chi connectivity index (χ0v) is 10.4. The molecule has 0 amide bonds. The number of aliphatic carboxylic acids is 3. The van der Waals surface area contributed by atoms with Crippen molar-refractivity contribution in [1.82, 2.24) is 4.90 Å². The Labute approximate surface area is 107 Å². The van der Waals surface area contributed by atoms with E-state index < -0.39 is 34.7 Å². The van der Waals surface area contributed by atoms with Gasteiger partial charge in [-0.15, -0.1) is 0 Å². The predicted molar refractivity (Wildman–Crippen MR) is 63.0 cm³/mol. The SMILES string of the molecule is CC1=C(C(=O)O)N(C)C(=S)C(C(=O)O)(C(=O)O)C1. The third-order valence-electron chi connectivity index (χ3n) is 2.87. The van der Waals surface area contributed by atoms with Gasteiger partial charge in [0.15, 0.2) is 0 Å². The van der Waals surface area contributed by atoms with E-state index in [1.807, 2.05) is 0 Å². The Morgan fingerprint density at radius 3 is 2.00 bits per heavy atom. The molecule has 0 atom stereocenters. The Bertz CT molecular complexity index is 481. The molecule has 1 heterocycles. The minimum absolute atomic E-state index is 0.156. The lowest BCUT2D eigenvalue weighted by molar-refractivity contribution is -0.159. The van der Waals surface area contributed by atoms with E-state index in [-0.39, 0.29) is 11.3 Å². The summed E-state index contributed by atoms with van der Waals surface area (Å²) in [6.45, 7) is 1.38. The number of hydrogen-bond acceptors (Lipinski definition) is 4. The minimum atomic E-state index is -2.28. The molecule has 0 saturated heterocycles. The fourth-order valence-electron chi connectivity index (χ4n) is 1.98. The van der Waals surface area contributed by atoms with Crippen molar-refractivity contribution in [2.75, 3.05) is 7.05 Å². The monoisotopic (exact) mass is 273 g/mol. The molecule has 18 heavy (non-hydrogen) atoms. The molecule has 1 aliphatic rings. The van der Waals surface area contributed by atoms with Gasteiger partial charge in [-0.2, -0.15) is 0 Å². The summed E-state index contributed by atoms with van der Waals surface area (Å²) < 4.78 is 0. The van der Waals surface area contributed by atoms with E-state index in [1.54, 1.807) is 0 Å². The summed E-state index contributed by atoms with van der Waals surface area (Å²) in [5.74, 6) is -4.48. The van der Waals surface area contributed by atoms with E-state index in [0.717, 1.165) is 4.90 Å². The molecule has 0 aliphatic carbocycles. The second-order valence-corrected chi connectivity index (χ2v) is 4.38. The minimum Gasteiger partial charge on any atom is -0.480 e. The highest BCUT2D eigenvalue weighted by Crippen LogP contribution is 2.37. The first kappa shape index (κ1) is 14.1. The van der Waals surface area contributed by atoms with E-state index in [0.29, 0.717) is 0 Å². The molecule has 8 heteroatoms. The average molecular weight is 273 g/mol. The Morgan fingerprint density at radius 1 is 1.22 bits per heavy atom. The third-order valence-corrected chi connectivity index (χ3v) is 3.49. The number of carbonyl (C=O) groups is 3. The second kappa shape index (κ2) is 4.37. The normalized spacial score (nSPS) is 18.8. The van der Waals surface area contributed by atoms with Crippen LogP contribution in [-0.4, -0.2) is 50.2 Å². The predicted octanol–water partition coefficient (Wildman–Crippen LogP) is 0.163. The van der Waals surface area contributed by atoms with Crippen molar-refractivity contribution in [3.05, 3.63) is 11.3 Å². The van der Waals surface area contributed by atoms with Crippen molar-refractivity contribution in [3.8, 4) is 0 Å². The van der Waals surface area contributed by atoms with Gasteiger partial charge in [-0.05, 0) is 12.5 Å². The van der Waals surface area contributed by atoms with Crippen molar-refractivity contribution in [2.24, 2.45) is 5.41 Å². The number of likely N-dealkylation sites (N-methyl/N-ethyl adjacent to an activating group) is 1. The van der Waals surface area contributed by atoms with Crippen molar-refractivity contribution in [2.45, 2.75) is 13.3 Å². The first-order valence-electron chi connectivity index (χ1n) is 4.84. The number of thiocarbonyl (C=S) groups is 1. The second-order valence-electron chi connectivity index (χ2n) is 3.99. The Balaban J connectivity index is 3.49. The van der Waals surface area contributed by atoms with Gasteiger partial charge >= 0.3 is 17.9 Å². The molecule has 0 aromatic heterocycles. The van der Waals surface area contributed by atoms with Crippen molar-refractivity contribution in [1.29, 1.82) is 0 Å². The molecule has 1 rings (SSSR count). The van der Waals surface area contributed by atoms with Crippen LogP contribution in [0, 0.1) is 5.41 Å². The first-order valence-corrected chi connectivity index (χ1v) is 5.25. The molecule has 0 spiro atoms. The quantitative estimate of drug-likeness (QED) is 0.492. The number of rotatable bonds is 3. The van der Waals surface area contributed by atoms with Crippen LogP contribution in [0.4, 0.5) is 0 Å². The summed E-state index contributed by atoms with van der Waals surface area (Å²) in [5.41, 5.74) is -2.31. The van der Waals surface area contributed by atoms with Gasteiger partial charge in [0, 0.05) is 13.5 Å². The van der Waals surface area contributed by atoms with Gasteiger partial charge in [0.25, 0.3) is 0 Å². The highest BCUT2D eigenvalue weighted by Gasteiger charge is 2.55. The molecule has 0 aromatic carbocycles. The van der Waals surface area contributed by atoms with Gasteiger partial charge in [-0.25, -0.2) is 4.79 Å². The molecule has 0 saturated carbocycles. The number of carboxylic acids is 3. The smallest absolute Gasteiger partial charge is 0.352 e. The van der Waals surface area contributed by atoms with E-state index in [9.17, 15) is 14.4 Å². The van der Waals surface area contributed by atoms with Crippen LogP contribution in [0.3, 0.4) is 0 Å². The van der Waals surface area contributed by atoms with Crippen LogP contribution >= 0.6 is 12.2 Å². The van der Waals surface area contributed by atoms with Crippen LogP contribution in [-0.2, 0) is 14.4 Å². The van der Waals surface area contributed by atoms with Gasteiger partial charge in [0.05, 0.1) is 0 Å². The van der Waals surface area contributed by atoms with Gasteiger partial charge in [0.1, 0.15) is 10.7 Å². The molecular weight excluding hydrogens is 262 g/mol. The van der Waals surface area contributed by atoms with Gasteiger partial charge in [-0.3, -0.25) is 9.59 Å². The van der Waals surface area contributed by atoms with Gasteiger partial charge < -0.3 is 20.2 Å². The highest BCUT2D eigenvalue weighted by molar-refractivity contribution is 7.80. The molecule has 0 radical (unpaired) electrons. The lowest BCUT2D eigenvalue weighted by atomic mass is 9.77. The van der Waals surface area contributed by atoms with Crippen LogP contribution < -0.4 is 0 Å². The third kappa shape index (κ3) is 1.74. The summed E-state index contributed by atoms with van der Waals surface area (Å²) in [6.07, 6.45) is -0.456. The van der Waals surface area contributed by atoms with E-state index in [2.05, 4.69) is 0 Å². The summed E-state index contributed by atoms with van der Waals surface area (Å²) in [5, 5.41) is 27.2. The number of allylic oxidation sites excluding steroid dienone is 1. The molecule has 0 unspecified atom stereocenters. The topological polar surface area (TPSA) is 115 Å². The largest absolute Gasteiger partial charge is 0.480 e. The number of hydrogen-bond donors (Lipinski definition) is 3. The Kier molecular flexibility index (Phi) is 3.43. The fraction of sp³-hybridized carbons (Fsp3) is 0.400. The van der Waals surface area contributed by atoms with Crippen LogP contribution in [0.1, 0.15) is 13.3 Å². The van der Waals surface area contributed by atoms with Crippen LogP contribution in [0.15, 0.2) is 11.3 Å². The summed E-state index contributed by atoms with van der Waals surface area (Å²) in [4.78, 5) is 34.0. The first-order chi connectivity index (χ1) is 8.16. The molecule has 7 nitrogen and oxygen atoms in total. The van der Waals surface area contributed by atoms with Gasteiger partial charge in [0.2, 0.25) is 5.41 Å². The summed E-state index contributed by atoms with van der Waals surface area (Å²) in [6, 6.07) is 0. The molecular formula is C10H11NO6S. The summed E-state index contributed by atoms with van der Waals surface area (Å²) >= 11 is 4.83. The molecule has 3 N–H and O–H groups in total. The summed E-state index contributed by atoms with van der Waals surface area (Å²) in [7, 11) is 1.25. The van der Waals surface area contributed by atoms with Gasteiger partial charge in [-0.1, -0.05) is 12.2 Å². The standard InChI is InChI=1S/C10H11NO6S/c1-4-3-10(8(14)15,9(16)17)7(18)11(2)5(4)6(12)13/h3H2,1-2H3,(H,12,13)(H,14,15)(H,16,17). The molecule has 0 fully saturated rings. The van der Waals surface area contributed by atoms with Crippen LogP contribution in [0.2, 0.25) is 0 Å². The number of nitrogens with zero attached hydrogens (tertiary/aromatic N) is 1. The van der Waals surface area contributed by atoms with Crippen molar-refractivity contribution < 1.29 is 29.7 Å². The molecule has 1 aliphatic heterocycles. The number of carboxylic acid groups (broad SMARTS) is 3. The zero-order chi connectivity index (χ0) is 14.2. The lowest BCUT2D eigenvalue weighted by Crippen LogP contribution is -2.54. The maximum atomic E-state index is 11.2. The lowest BCUT2D eigenvalue weighted by Gasteiger charge is -2.37. The van der Waals surface area contributed by atoms with E-state index >= 15 is 0 Å². The fourth-order valence-corrected chi connectivity index (χ4v) is 2.32. The van der Waals surface area contributed by atoms with Crippen molar-refractivity contribution >= 4 is 35.1 Å². The van der Waals surface area contributed by atoms with Crippen molar-refractivity contribution in [3.63, 3.8) is 0 Å². The van der Waals surface area contributed by atoms with Crippen LogP contribution in [0.5, 0.6) is 0 Å². The molecule has 98 valence electrons. The maximum Gasteiger partial charge on any atom is 0.352 e. The Morgan fingerprint density at radius 2 is 1.67 bits per heavy atom. The van der Waals surface area contributed by atoms with E-state index in [1.165, 1.54) is 14.0 Å². The average Bonchev–Trinajstić information content (AvgIpc) is 2.21.